The van der Waals surface area contributed by atoms with Crippen molar-refractivity contribution < 1.29 is 9.90 Å². The van der Waals surface area contributed by atoms with Crippen LogP contribution in [0.5, 0.6) is 0 Å². The molecule has 0 aliphatic heterocycles. The predicted octanol–water partition coefficient (Wildman–Crippen LogP) is 3.36. The van der Waals surface area contributed by atoms with Gasteiger partial charge in [-0.05, 0) is 45.2 Å². The standard InChI is InChI=1S/C14H27NO2/c1-4-7-10-15-11-8-9-13(14(16)17)12(5-2)6-3/h15H,4-11H2,1-3H3,(H,16,17). The Morgan fingerprint density at radius 1 is 1.06 bits per heavy atom. The quantitative estimate of drug-likeness (QED) is 0.455. The second-order valence-electron chi connectivity index (χ2n) is 4.30. The first-order valence-electron chi connectivity index (χ1n) is 6.82. The average Bonchev–Trinajstić information content (AvgIpc) is 2.32. The van der Waals surface area contributed by atoms with E-state index in [0.29, 0.717) is 12.0 Å². The van der Waals surface area contributed by atoms with Crippen LogP contribution in [0.25, 0.3) is 0 Å². The van der Waals surface area contributed by atoms with Crippen LogP contribution in [-0.2, 0) is 4.79 Å². The van der Waals surface area contributed by atoms with E-state index < -0.39 is 5.97 Å². The van der Waals surface area contributed by atoms with Crippen LogP contribution in [0.3, 0.4) is 0 Å². The molecule has 0 rings (SSSR count). The second-order valence-corrected chi connectivity index (χ2v) is 4.30. The molecule has 3 heteroatoms. The summed E-state index contributed by atoms with van der Waals surface area (Å²) >= 11 is 0. The van der Waals surface area contributed by atoms with Crippen molar-refractivity contribution in [3.05, 3.63) is 11.1 Å². The number of aliphatic carboxylic acids is 1. The molecule has 0 unspecified atom stereocenters. The minimum absolute atomic E-state index is 0.632. The van der Waals surface area contributed by atoms with Gasteiger partial charge in [0.1, 0.15) is 0 Å². The van der Waals surface area contributed by atoms with E-state index in [0.717, 1.165) is 37.9 Å². The first-order valence-corrected chi connectivity index (χ1v) is 6.82. The van der Waals surface area contributed by atoms with Gasteiger partial charge in [-0.25, -0.2) is 4.79 Å². The number of nitrogens with one attached hydrogen (secondary N) is 1. The summed E-state index contributed by atoms with van der Waals surface area (Å²) in [7, 11) is 0. The third-order valence-corrected chi connectivity index (χ3v) is 3.03. The Balaban J connectivity index is 4.03. The molecule has 0 radical (unpaired) electrons. The van der Waals surface area contributed by atoms with Crippen LogP contribution in [0.2, 0.25) is 0 Å². The number of carbonyl (C=O) groups is 1. The molecular weight excluding hydrogens is 214 g/mol. The third-order valence-electron chi connectivity index (χ3n) is 3.03. The summed E-state index contributed by atoms with van der Waals surface area (Å²) in [5.74, 6) is -0.739. The van der Waals surface area contributed by atoms with Crippen molar-refractivity contribution in [3.8, 4) is 0 Å². The van der Waals surface area contributed by atoms with Crippen LogP contribution in [-0.4, -0.2) is 24.2 Å². The Morgan fingerprint density at radius 2 is 1.65 bits per heavy atom. The molecule has 0 aliphatic rings. The van der Waals surface area contributed by atoms with Gasteiger partial charge < -0.3 is 10.4 Å². The van der Waals surface area contributed by atoms with Gasteiger partial charge in [-0.15, -0.1) is 0 Å². The number of allylic oxidation sites excluding steroid dienone is 1. The van der Waals surface area contributed by atoms with E-state index in [1.165, 1.54) is 12.8 Å². The molecule has 0 saturated heterocycles. The minimum Gasteiger partial charge on any atom is -0.478 e. The molecule has 2 N–H and O–H groups in total. The smallest absolute Gasteiger partial charge is 0.331 e. The maximum absolute atomic E-state index is 11.1. The van der Waals surface area contributed by atoms with Gasteiger partial charge in [0, 0.05) is 5.57 Å². The normalized spacial score (nSPS) is 10.3. The summed E-state index contributed by atoms with van der Waals surface area (Å²) in [5, 5.41) is 12.5. The van der Waals surface area contributed by atoms with E-state index in [2.05, 4.69) is 12.2 Å². The molecule has 0 fully saturated rings. The van der Waals surface area contributed by atoms with Crippen molar-refractivity contribution >= 4 is 5.97 Å². The lowest BCUT2D eigenvalue weighted by Crippen LogP contribution is -2.17. The van der Waals surface area contributed by atoms with Crippen LogP contribution in [0.15, 0.2) is 11.1 Å². The van der Waals surface area contributed by atoms with Crippen molar-refractivity contribution in [1.29, 1.82) is 0 Å². The molecule has 100 valence electrons. The first kappa shape index (κ1) is 16.2. The number of carboxylic acid groups (broad SMARTS) is 1. The van der Waals surface area contributed by atoms with E-state index in [-0.39, 0.29) is 0 Å². The molecule has 0 aliphatic carbocycles. The Hall–Kier alpha value is -0.830. The molecule has 17 heavy (non-hydrogen) atoms. The SMILES string of the molecule is CCCCNCCCC(C(=O)O)=C(CC)CC. The molecule has 3 nitrogen and oxygen atoms in total. The van der Waals surface area contributed by atoms with Gasteiger partial charge >= 0.3 is 5.97 Å². The zero-order valence-electron chi connectivity index (χ0n) is 11.5. The molecule has 0 spiro atoms. The van der Waals surface area contributed by atoms with Crippen molar-refractivity contribution in [2.45, 2.75) is 59.3 Å². The highest BCUT2D eigenvalue weighted by atomic mass is 16.4. The summed E-state index contributed by atoms with van der Waals surface area (Å²) in [5.41, 5.74) is 1.72. The van der Waals surface area contributed by atoms with E-state index in [1.54, 1.807) is 0 Å². The lowest BCUT2D eigenvalue weighted by molar-refractivity contribution is -0.132. The number of rotatable bonds is 10. The van der Waals surface area contributed by atoms with Gasteiger partial charge in [0.05, 0.1) is 0 Å². The first-order chi connectivity index (χ1) is 8.17. The molecule has 0 aromatic carbocycles. The van der Waals surface area contributed by atoms with Crippen LogP contribution in [0, 0.1) is 0 Å². The zero-order valence-corrected chi connectivity index (χ0v) is 11.5. The lowest BCUT2D eigenvalue weighted by Gasteiger charge is -2.09. The maximum atomic E-state index is 11.1. The van der Waals surface area contributed by atoms with E-state index in [4.69, 9.17) is 5.11 Å². The Bertz CT molecular complexity index is 241. The summed E-state index contributed by atoms with van der Waals surface area (Å²) in [6, 6.07) is 0. The van der Waals surface area contributed by atoms with Gasteiger partial charge in [0.2, 0.25) is 0 Å². The number of unbranched alkanes of at least 4 members (excludes halogenated alkanes) is 1. The molecular formula is C14H27NO2. The highest BCUT2D eigenvalue weighted by Crippen LogP contribution is 2.17. The highest BCUT2D eigenvalue weighted by Gasteiger charge is 2.11. The lowest BCUT2D eigenvalue weighted by atomic mass is 9.99. The fraction of sp³-hybridized carbons (Fsp3) is 0.786. The molecule has 0 bridgehead atoms. The Kier molecular flexibility index (Phi) is 9.83. The van der Waals surface area contributed by atoms with Crippen LogP contribution >= 0.6 is 0 Å². The summed E-state index contributed by atoms with van der Waals surface area (Å²) in [4.78, 5) is 11.1. The average molecular weight is 241 g/mol. The number of hydrogen-bond donors (Lipinski definition) is 2. The third kappa shape index (κ3) is 7.16. The monoisotopic (exact) mass is 241 g/mol. The van der Waals surface area contributed by atoms with Gasteiger partial charge in [-0.3, -0.25) is 0 Å². The molecule has 0 aromatic rings. The van der Waals surface area contributed by atoms with E-state index in [9.17, 15) is 4.79 Å². The molecule has 0 atom stereocenters. The van der Waals surface area contributed by atoms with E-state index >= 15 is 0 Å². The molecule has 0 saturated carbocycles. The fourth-order valence-electron chi connectivity index (χ4n) is 1.93. The maximum Gasteiger partial charge on any atom is 0.331 e. The van der Waals surface area contributed by atoms with Crippen LogP contribution in [0.4, 0.5) is 0 Å². The highest BCUT2D eigenvalue weighted by molar-refractivity contribution is 5.87. The largest absolute Gasteiger partial charge is 0.478 e. The molecule has 0 amide bonds. The number of hydrogen-bond acceptors (Lipinski definition) is 2. The van der Waals surface area contributed by atoms with Gasteiger partial charge in [0.25, 0.3) is 0 Å². The van der Waals surface area contributed by atoms with Gasteiger partial charge in [-0.2, -0.15) is 0 Å². The molecule has 0 aromatic heterocycles. The Morgan fingerprint density at radius 3 is 2.12 bits per heavy atom. The zero-order chi connectivity index (χ0) is 13.1. The fourth-order valence-corrected chi connectivity index (χ4v) is 1.93. The van der Waals surface area contributed by atoms with Crippen molar-refractivity contribution in [2.75, 3.05) is 13.1 Å². The van der Waals surface area contributed by atoms with Crippen molar-refractivity contribution in [3.63, 3.8) is 0 Å². The summed E-state index contributed by atoms with van der Waals surface area (Å²) in [6.07, 6.45) is 5.68. The number of carboxylic acids is 1. The van der Waals surface area contributed by atoms with Crippen LogP contribution in [0.1, 0.15) is 59.3 Å². The predicted molar refractivity (Wildman–Crippen MR) is 72.3 cm³/mol. The van der Waals surface area contributed by atoms with E-state index in [1.807, 2.05) is 13.8 Å². The topological polar surface area (TPSA) is 49.3 Å². The molecule has 0 heterocycles. The summed E-state index contributed by atoms with van der Waals surface area (Å²) < 4.78 is 0. The van der Waals surface area contributed by atoms with Crippen molar-refractivity contribution in [1.82, 2.24) is 5.32 Å². The summed E-state index contributed by atoms with van der Waals surface area (Å²) in [6.45, 7) is 8.18. The van der Waals surface area contributed by atoms with Crippen LogP contribution < -0.4 is 5.32 Å². The minimum atomic E-state index is -0.739. The second kappa shape index (κ2) is 10.3. The van der Waals surface area contributed by atoms with Gasteiger partial charge in [0.15, 0.2) is 0 Å². The Labute approximate surface area is 105 Å². The van der Waals surface area contributed by atoms with Crippen molar-refractivity contribution in [2.24, 2.45) is 0 Å². The van der Waals surface area contributed by atoms with Gasteiger partial charge in [-0.1, -0.05) is 32.8 Å².